The number of ether oxygens (including phenoxy) is 1. The number of hydrogen-bond donors (Lipinski definition) is 1. The van der Waals surface area contributed by atoms with Crippen molar-refractivity contribution < 1.29 is 9.53 Å². The molecule has 0 amide bonds. The summed E-state index contributed by atoms with van der Waals surface area (Å²) in [5.74, 6) is 0.268. The summed E-state index contributed by atoms with van der Waals surface area (Å²) in [6.07, 6.45) is 3.05. The molecule has 2 aromatic heterocycles. The minimum atomic E-state index is -0.545. The summed E-state index contributed by atoms with van der Waals surface area (Å²) in [5, 5.41) is 4.02. The van der Waals surface area contributed by atoms with E-state index in [-0.39, 0.29) is 5.69 Å². The first-order chi connectivity index (χ1) is 8.20. The molecule has 2 heterocycles. The van der Waals surface area contributed by atoms with Crippen LogP contribution in [0.3, 0.4) is 0 Å². The highest BCUT2D eigenvalue weighted by Gasteiger charge is 2.14. The summed E-state index contributed by atoms with van der Waals surface area (Å²) in [4.78, 5) is 15.6. The smallest absolute Gasteiger partial charge is 0.364 e. The van der Waals surface area contributed by atoms with E-state index in [2.05, 4.69) is 10.1 Å². The molecule has 0 radical (unpaired) electrons. The zero-order valence-corrected chi connectivity index (χ0v) is 9.33. The lowest BCUT2D eigenvalue weighted by atomic mass is 10.4. The number of nitrogens with zero attached hydrogens (tertiary/aromatic N) is 3. The van der Waals surface area contributed by atoms with Gasteiger partial charge < -0.3 is 10.5 Å². The van der Waals surface area contributed by atoms with Gasteiger partial charge in [-0.15, -0.1) is 0 Å². The van der Waals surface area contributed by atoms with E-state index in [9.17, 15) is 4.79 Å². The van der Waals surface area contributed by atoms with Gasteiger partial charge in [0, 0.05) is 18.8 Å². The Hall–Kier alpha value is -2.37. The summed E-state index contributed by atoms with van der Waals surface area (Å²) in [6.45, 7) is 2.49. The normalized spacial score (nSPS) is 10.2. The molecule has 0 aromatic carbocycles. The molecular weight excluding hydrogens is 220 g/mol. The molecular formula is C11H12N4O2. The van der Waals surface area contributed by atoms with Crippen LogP contribution < -0.4 is 10.5 Å². The van der Waals surface area contributed by atoms with Crippen LogP contribution in [-0.2, 0) is 6.54 Å². The number of carbonyl (C=O) groups is 1. The van der Waals surface area contributed by atoms with Gasteiger partial charge in [0.15, 0.2) is 5.69 Å². The molecule has 0 saturated carbocycles. The van der Waals surface area contributed by atoms with Gasteiger partial charge in [-0.2, -0.15) is 5.10 Å². The van der Waals surface area contributed by atoms with Crippen LogP contribution in [-0.4, -0.2) is 20.7 Å². The van der Waals surface area contributed by atoms with Crippen molar-refractivity contribution in [1.82, 2.24) is 14.8 Å². The Balaban J connectivity index is 2.15. The molecule has 0 saturated heterocycles. The third kappa shape index (κ3) is 2.41. The molecule has 0 bridgehead atoms. The van der Waals surface area contributed by atoms with Gasteiger partial charge in [-0.25, -0.2) is 9.48 Å². The number of nitrogen functional groups attached to an aromatic ring is 1. The van der Waals surface area contributed by atoms with Crippen LogP contribution in [0, 0.1) is 0 Å². The second kappa shape index (κ2) is 4.65. The molecule has 0 aliphatic carbocycles. The van der Waals surface area contributed by atoms with Gasteiger partial charge in [-0.1, -0.05) is 0 Å². The highest BCUT2D eigenvalue weighted by atomic mass is 16.5. The molecule has 0 aliphatic rings. The Morgan fingerprint density at radius 1 is 1.59 bits per heavy atom. The highest BCUT2D eigenvalue weighted by Crippen LogP contribution is 2.11. The van der Waals surface area contributed by atoms with Crippen LogP contribution >= 0.6 is 0 Å². The fourth-order valence-electron chi connectivity index (χ4n) is 1.35. The number of esters is 1. The first kappa shape index (κ1) is 11.1. The van der Waals surface area contributed by atoms with E-state index < -0.39 is 5.97 Å². The van der Waals surface area contributed by atoms with E-state index >= 15 is 0 Å². The third-order valence-corrected chi connectivity index (χ3v) is 2.16. The molecule has 0 spiro atoms. The van der Waals surface area contributed by atoms with Crippen molar-refractivity contribution in [2.75, 3.05) is 5.73 Å². The minimum absolute atomic E-state index is 0.188. The van der Waals surface area contributed by atoms with Gasteiger partial charge in [0.2, 0.25) is 0 Å². The van der Waals surface area contributed by atoms with Crippen molar-refractivity contribution in [3.63, 3.8) is 0 Å². The summed E-state index contributed by atoms with van der Waals surface area (Å²) >= 11 is 0. The van der Waals surface area contributed by atoms with Crippen molar-refractivity contribution in [2.45, 2.75) is 13.5 Å². The van der Waals surface area contributed by atoms with Gasteiger partial charge in [0.25, 0.3) is 0 Å². The van der Waals surface area contributed by atoms with Crippen LogP contribution in [0.15, 0.2) is 30.6 Å². The maximum Gasteiger partial charge on any atom is 0.364 e. The molecule has 0 aliphatic heterocycles. The van der Waals surface area contributed by atoms with E-state index in [0.717, 1.165) is 0 Å². The maximum absolute atomic E-state index is 11.7. The van der Waals surface area contributed by atoms with Gasteiger partial charge in [-0.05, 0) is 19.1 Å². The average Bonchev–Trinajstić information content (AvgIpc) is 2.72. The standard InChI is InChI=1S/C11H12N4O2/c1-2-15-10(12)6-9(14-15)11(16)17-8-4-3-5-13-7-8/h3-7H,2,12H2,1H3. The summed E-state index contributed by atoms with van der Waals surface area (Å²) < 4.78 is 6.61. The molecule has 0 atom stereocenters. The van der Waals surface area contributed by atoms with E-state index in [1.807, 2.05) is 6.92 Å². The van der Waals surface area contributed by atoms with Crippen molar-refractivity contribution in [3.8, 4) is 5.75 Å². The lowest BCUT2D eigenvalue weighted by Crippen LogP contribution is -2.10. The quantitative estimate of drug-likeness (QED) is 0.801. The first-order valence-electron chi connectivity index (χ1n) is 5.16. The van der Waals surface area contributed by atoms with E-state index in [1.54, 1.807) is 18.3 Å². The number of nitrogens with two attached hydrogens (primary N) is 1. The number of aromatic nitrogens is 3. The lowest BCUT2D eigenvalue weighted by Gasteiger charge is -2.00. The fraction of sp³-hybridized carbons (Fsp3) is 0.182. The Kier molecular flexibility index (Phi) is 3.04. The Morgan fingerprint density at radius 3 is 3.00 bits per heavy atom. The lowest BCUT2D eigenvalue weighted by molar-refractivity contribution is 0.0727. The predicted octanol–water partition coefficient (Wildman–Crippen LogP) is 1.10. The second-order valence-corrected chi connectivity index (χ2v) is 3.35. The van der Waals surface area contributed by atoms with Gasteiger partial charge >= 0.3 is 5.97 Å². The molecule has 2 N–H and O–H groups in total. The van der Waals surface area contributed by atoms with E-state index in [4.69, 9.17) is 10.5 Å². The SMILES string of the molecule is CCn1nc(C(=O)Oc2cccnc2)cc1N. The van der Waals surface area contributed by atoms with Crippen LogP contribution in [0.1, 0.15) is 17.4 Å². The second-order valence-electron chi connectivity index (χ2n) is 3.35. The van der Waals surface area contributed by atoms with Crippen LogP contribution in [0.4, 0.5) is 5.82 Å². The summed E-state index contributed by atoms with van der Waals surface area (Å²) in [5.41, 5.74) is 5.85. The number of carbonyl (C=O) groups excluding carboxylic acids is 1. The van der Waals surface area contributed by atoms with Crippen molar-refractivity contribution in [3.05, 3.63) is 36.3 Å². The van der Waals surface area contributed by atoms with Crippen molar-refractivity contribution >= 4 is 11.8 Å². The Labute approximate surface area is 98.0 Å². The topological polar surface area (TPSA) is 83.0 Å². The zero-order chi connectivity index (χ0) is 12.3. The van der Waals surface area contributed by atoms with Crippen LogP contribution in [0.2, 0.25) is 0 Å². The molecule has 2 rings (SSSR count). The monoisotopic (exact) mass is 232 g/mol. The van der Waals surface area contributed by atoms with E-state index in [1.165, 1.54) is 16.9 Å². The van der Waals surface area contributed by atoms with Gasteiger partial charge in [-0.3, -0.25) is 4.98 Å². The average molecular weight is 232 g/mol. The molecule has 0 unspecified atom stereocenters. The largest absolute Gasteiger partial charge is 0.420 e. The molecule has 6 heteroatoms. The Bertz CT molecular complexity index is 522. The van der Waals surface area contributed by atoms with E-state index in [0.29, 0.717) is 18.1 Å². The number of hydrogen-bond acceptors (Lipinski definition) is 5. The van der Waals surface area contributed by atoms with Crippen LogP contribution in [0.25, 0.3) is 0 Å². The maximum atomic E-state index is 11.7. The van der Waals surface area contributed by atoms with Crippen molar-refractivity contribution in [2.24, 2.45) is 0 Å². The third-order valence-electron chi connectivity index (χ3n) is 2.16. The summed E-state index contributed by atoms with van der Waals surface area (Å²) in [6, 6.07) is 4.81. The fourth-order valence-corrected chi connectivity index (χ4v) is 1.35. The predicted molar refractivity (Wildman–Crippen MR) is 61.5 cm³/mol. The number of pyridine rings is 1. The number of rotatable bonds is 3. The molecule has 17 heavy (non-hydrogen) atoms. The minimum Gasteiger partial charge on any atom is -0.420 e. The van der Waals surface area contributed by atoms with Gasteiger partial charge in [0.1, 0.15) is 11.6 Å². The zero-order valence-electron chi connectivity index (χ0n) is 9.33. The Morgan fingerprint density at radius 2 is 2.41 bits per heavy atom. The number of aryl methyl sites for hydroxylation is 1. The summed E-state index contributed by atoms with van der Waals surface area (Å²) in [7, 11) is 0. The van der Waals surface area contributed by atoms with Crippen molar-refractivity contribution in [1.29, 1.82) is 0 Å². The molecule has 0 fully saturated rings. The molecule has 2 aromatic rings. The first-order valence-corrected chi connectivity index (χ1v) is 5.16. The van der Waals surface area contributed by atoms with Gasteiger partial charge in [0.05, 0.1) is 6.20 Å². The molecule has 88 valence electrons. The highest BCUT2D eigenvalue weighted by molar-refractivity contribution is 5.89. The van der Waals surface area contributed by atoms with Crippen LogP contribution in [0.5, 0.6) is 5.75 Å². The molecule has 6 nitrogen and oxygen atoms in total. The number of anilines is 1.